The fourth-order valence-electron chi connectivity index (χ4n) is 4.35. The monoisotopic (exact) mass is 485 g/mol. The zero-order chi connectivity index (χ0) is 25.1. The second-order valence-corrected chi connectivity index (χ2v) is 8.97. The lowest BCUT2D eigenvalue weighted by Crippen LogP contribution is -2.47. The molecule has 0 radical (unpaired) electrons. The number of hydrogen-bond acceptors (Lipinski definition) is 4. The first-order chi connectivity index (χ1) is 16.7. The summed E-state index contributed by atoms with van der Waals surface area (Å²) in [5.41, 5.74) is 1.68. The summed E-state index contributed by atoms with van der Waals surface area (Å²) in [7, 11) is 0. The van der Waals surface area contributed by atoms with E-state index in [9.17, 15) is 22.8 Å². The van der Waals surface area contributed by atoms with E-state index in [-0.39, 0.29) is 25.3 Å². The van der Waals surface area contributed by atoms with Crippen molar-refractivity contribution >= 4 is 11.8 Å². The van der Waals surface area contributed by atoms with Gasteiger partial charge in [-0.3, -0.25) is 9.59 Å². The molecule has 2 aromatic carbocycles. The minimum absolute atomic E-state index is 0.0458. The summed E-state index contributed by atoms with van der Waals surface area (Å²) in [6, 6.07) is 8.26. The van der Waals surface area contributed by atoms with Gasteiger partial charge in [0, 0.05) is 6.42 Å². The van der Waals surface area contributed by atoms with Crippen LogP contribution in [0.5, 0.6) is 0 Å². The van der Waals surface area contributed by atoms with Gasteiger partial charge in [-0.1, -0.05) is 38.1 Å². The molecule has 7 nitrogen and oxygen atoms in total. The minimum Gasteiger partial charge on any atom is -0.343 e. The van der Waals surface area contributed by atoms with Crippen LogP contribution in [0.3, 0.4) is 0 Å². The highest BCUT2D eigenvalue weighted by molar-refractivity contribution is 5.89. The van der Waals surface area contributed by atoms with Crippen molar-refractivity contribution in [2.45, 2.75) is 50.9 Å². The maximum atomic E-state index is 14.8. The van der Waals surface area contributed by atoms with Crippen molar-refractivity contribution in [2.75, 3.05) is 6.54 Å². The summed E-state index contributed by atoms with van der Waals surface area (Å²) in [5.74, 6) is -2.08. The molecule has 2 heterocycles. The van der Waals surface area contributed by atoms with Crippen molar-refractivity contribution in [3.05, 3.63) is 82.7 Å². The lowest BCUT2D eigenvalue weighted by molar-refractivity contribution is -0.138. The molecule has 1 fully saturated rings. The van der Waals surface area contributed by atoms with Gasteiger partial charge in [-0.05, 0) is 40.8 Å². The van der Waals surface area contributed by atoms with Crippen LogP contribution in [0.4, 0.5) is 13.2 Å². The number of carbonyl (C=O) groups excluding carboxylic acids is 2. The predicted octanol–water partition coefficient (Wildman–Crippen LogP) is 3.59. The van der Waals surface area contributed by atoms with E-state index in [0.29, 0.717) is 22.4 Å². The average Bonchev–Trinajstić information content (AvgIpc) is 3.46. The Morgan fingerprint density at radius 1 is 1.17 bits per heavy atom. The van der Waals surface area contributed by atoms with Crippen LogP contribution in [-0.2, 0) is 16.0 Å². The van der Waals surface area contributed by atoms with Crippen molar-refractivity contribution in [3.63, 3.8) is 0 Å². The maximum Gasteiger partial charge on any atom is 0.243 e. The highest BCUT2D eigenvalue weighted by atomic mass is 19.1. The van der Waals surface area contributed by atoms with Gasteiger partial charge in [-0.2, -0.15) is 15.4 Å². The smallest absolute Gasteiger partial charge is 0.243 e. The number of H-pyrrole nitrogens is 1. The van der Waals surface area contributed by atoms with Crippen LogP contribution in [0.2, 0.25) is 0 Å². The molecule has 1 aliphatic rings. The zero-order valence-corrected chi connectivity index (χ0v) is 19.3. The normalized spacial score (nSPS) is 18.6. The van der Waals surface area contributed by atoms with Crippen LogP contribution in [-0.4, -0.2) is 50.9 Å². The van der Waals surface area contributed by atoms with E-state index in [1.54, 1.807) is 18.2 Å². The number of nitrogens with one attached hydrogen (secondary N) is 2. The van der Waals surface area contributed by atoms with E-state index in [1.807, 2.05) is 13.8 Å². The number of likely N-dealkylation sites (tertiary alicyclic amines) is 1. The standard InChI is InChI=1S/C25H26F3N5O2/c1-14(2)20-7-6-16(9-21(20)28)24(15-4-3-5-17(26)8-15)30-25(35)22-10-18(27)13-33(22)23(34)11-19-12-29-32-31-19/h3-9,12,14,18,22,24H,10-11,13H2,1-2H3,(H,30,35)(H,29,31,32). The van der Waals surface area contributed by atoms with Gasteiger partial charge in [0.25, 0.3) is 0 Å². The number of halogens is 3. The van der Waals surface area contributed by atoms with Gasteiger partial charge in [0.05, 0.1) is 30.9 Å². The predicted molar refractivity (Wildman–Crippen MR) is 122 cm³/mol. The zero-order valence-electron chi connectivity index (χ0n) is 19.3. The van der Waals surface area contributed by atoms with Crippen LogP contribution in [0.25, 0.3) is 0 Å². The first-order valence-electron chi connectivity index (χ1n) is 11.4. The second kappa shape index (κ2) is 10.3. The van der Waals surface area contributed by atoms with E-state index in [1.165, 1.54) is 35.4 Å². The van der Waals surface area contributed by atoms with E-state index < -0.39 is 41.7 Å². The summed E-state index contributed by atoms with van der Waals surface area (Å²) >= 11 is 0. The molecular formula is C25H26F3N5O2. The Kier molecular flexibility index (Phi) is 7.18. The van der Waals surface area contributed by atoms with Crippen LogP contribution in [0.1, 0.15) is 54.6 Å². The molecule has 3 aromatic rings. The molecule has 0 spiro atoms. The van der Waals surface area contributed by atoms with E-state index in [0.717, 1.165) is 0 Å². The third-order valence-electron chi connectivity index (χ3n) is 6.12. The van der Waals surface area contributed by atoms with Crippen LogP contribution in [0.15, 0.2) is 48.7 Å². The van der Waals surface area contributed by atoms with Gasteiger partial charge < -0.3 is 10.2 Å². The van der Waals surface area contributed by atoms with Crippen molar-refractivity contribution in [2.24, 2.45) is 0 Å². The van der Waals surface area contributed by atoms with Crippen molar-refractivity contribution in [1.82, 2.24) is 25.6 Å². The number of hydrogen-bond donors (Lipinski definition) is 2. The molecule has 3 unspecified atom stereocenters. The van der Waals surface area contributed by atoms with E-state index in [2.05, 4.69) is 20.7 Å². The molecule has 2 N–H and O–H groups in total. The molecule has 0 saturated carbocycles. The highest BCUT2D eigenvalue weighted by Crippen LogP contribution is 2.29. The summed E-state index contributed by atoms with van der Waals surface area (Å²) in [5, 5.41) is 12.7. The molecule has 4 rings (SSSR count). The number of carbonyl (C=O) groups is 2. The maximum absolute atomic E-state index is 14.8. The topological polar surface area (TPSA) is 91.0 Å². The molecule has 35 heavy (non-hydrogen) atoms. The summed E-state index contributed by atoms with van der Waals surface area (Å²) < 4.78 is 43.1. The molecule has 3 atom stereocenters. The molecular weight excluding hydrogens is 459 g/mol. The fraction of sp³-hybridized carbons (Fsp3) is 0.360. The van der Waals surface area contributed by atoms with E-state index in [4.69, 9.17) is 0 Å². The van der Waals surface area contributed by atoms with Crippen molar-refractivity contribution in [1.29, 1.82) is 0 Å². The Bertz CT molecular complexity index is 1200. The van der Waals surface area contributed by atoms with Crippen molar-refractivity contribution in [3.8, 4) is 0 Å². The quantitative estimate of drug-likeness (QED) is 0.535. The number of nitrogens with zero attached hydrogens (tertiary/aromatic N) is 3. The number of rotatable bonds is 7. The Balaban J connectivity index is 1.61. The number of alkyl halides is 1. The van der Waals surface area contributed by atoms with Gasteiger partial charge in [0.1, 0.15) is 23.8 Å². The summed E-state index contributed by atoms with van der Waals surface area (Å²) in [6.07, 6.45) is -0.303. The summed E-state index contributed by atoms with van der Waals surface area (Å²) in [6.45, 7) is 3.50. The summed E-state index contributed by atoms with van der Waals surface area (Å²) in [4.78, 5) is 27.3. The lowest BCUT2D eigenvalue weighted by atomic mass is 9.94. The van der Waals surface area contributed by atoms with Crippen LogP contribution in [0, 0.1) is 11.6 Å². The average molecular weight is 486 g/mol. The number of aromatic amines is 1. The molecule has 2 amide bonds. The van der Waals surface area contributed by atoms with Gasteiger partial charge in [-0.25, -0.2) is 13.2 Å². The molecule has 0 bridgehead atoms. The van der Waals surface area contributed by atoms with Crippen molar-refractivity contribution < 1.29 is 22.8 Å². The fourth-order valence-corrected chi connectivity index (χ4v) is 4.35. The Morgan fingerprint density at radius 2 is 1.94 bits per heavy atom. The SMILES string of the molecule is CC(C)c1ccc(C(NC(=O)C2CC(F)CN2C(=O)Cc2cn[nH]n2)c2cccc(F)c2)cc1F. The minimum atomic E-state index is -1.37. The molecule has 1 aliphatic heterocycles. The first kappa shape index (κ1) is 24.4. The first-order valence-corrected chi connectivity index (χ1v) is 11.4. The Hall–Kier alpha value is -3.69. The Labute approximate surface area is 200 Å². The van der Waals surface area contributed by atoms with Gasteiger partial charge >= 0.3 is 0 Å². The molecule has 0 aliphatic carbocycles. The van der Waals surface area contributed by atoms with Gasteiger partial charge in [0.2, 0.25) is 11.8 Å². The molecule has 1 aromatic heterocycles. The number of aromatic nitrogens is 3. The van der Waals surface area contributed by atoms with Gasteiger partial charge in [0.15, 0.2) is 0 Å². The number of benzene rings is 2. The molecule has 10 heteroatoms. The lowest BCUT2D eigenvalue weighted by Gasteiger charge is -2.27. The third-order valence-corrected chi connectivity index (χ3v) is 6.12. The van der Waals surface area contributed by atoms with Crippen LogP contribution >= 0.6 is 0 Å². The second-order valence-electron chi connectivity index (χ2n) is 8.97. The van der Waals surface area contributed by atoms with E-state index >= 15 is 0 Å². The van der Waals surface area contributed by atoms with Gasteiger partial charge in [-0.15, -0.1) is 0 Å². The third kappa shape index (κ3) is 5.52. The molecule has 184 valence electrons. The van der Waals surface area contributed by atoms with Crippen LogP contribution < -0.4 is 5.32 Å². The largest absolute Gasteiger partial charge is 0.343 e. The number of amides is 2. The molecule has 1 saturated heterocycles. The highest BCUT2D eigenvalue weighted by Gasteiger charge is 2.40. The Morgan fingerprint density at radius 3 is 2.60 bits per heavy atom.